The molecule has 0 aliphatic heterocycles. The van der Waals surface area contributed by atoms with E-state index in [-0.39, 0.29) is 5.91 Å². The van der Waals surface area contributed by atoms with Gasteiger partial charge in [0.15, 0.2) is 0 Å². The van der Waals surface area contributed by atoms with Gasteiger partial charge in [-0.1, -0.05) is 20.8 Å². The topological polar surface area (TPSA) is 33.2 Å². The van der Waals surface area contributed by atoms with Crippen LogP contribution in [0.4, 0.5) is 0 Å². The first-order valence-electron chi connectivity index (χ1n) is 5.10. The Morgan fingerprint density at radius 3 is 2.47 bits per heavy atom. The van der Waals surface area contributed by atoms with Crippen LogP contribution in [-0.4, -0.2) is 29.9 Å². The van der Waals surface area contributed by atoms with Crippen molar-refractivity contribution in [1.29, 1.82) is 0 Å². The highest BCUT2D eigenvalue weighted by molar-refractivity contribution is 7.09. The van der Waals surface area contributed by atoms with Crippen LogP contribution in [0.3, 0.4) is 0 Å². The fraction of sp³-hybridized carbons (Fsp3) is 0.636. The summed E-state index contributed by atoms with van der Waals surface area (Å²) in [7, 11) is 3.49. The minimum absolute atomic E-state index is 0.0199. The molecule has 1 heterocycles. The number of aromatic nitrogens is 1. The van der Waals surface area contributed by atoms with Crippen LogP contribution in [0.25, 0.3) is 0 Å². The lowest BCUT2D eigenvalue weighted by Crippen LogP contribution is -2.22. The molecule has 3 nitrogen and oxygen atoms in total. The zero-order chi connectivity index (χ0) is 11.6. The fourth-order valence-corrected chi connectivity index (χ4v) is 2.13. The van der Waals surface area contributed by atoms with Gasteiger partial charge in [-0.15, -0.1) is 11.3 Å². The van der Waals surface area contributed by atoms with E-state index in [1.54, 1.807) is 30.3 Å². The molecular formula is C11H18N2OS. The van der Waals surface area contributed by atoms with E-state index in [1.165, 1.54) is 0 Å². The smallest absolute Gasteiger partial charge is 0.272 e. The van der Waals surface area contributed by atoms with Crippen molar-refractivity contribution in [1.82, 2.24) is 9.88 Å². The average molecular weight is 226 g/mol. The summed E-state index contributed by atoms with van der Waals surface area (Å²) in [4.78, 5) is 17.6. The largest absolute Gasteiger partial charge is 0.343 e. The second-order valence-corrected chi connectivity index (χ2v) is 5.19. The molecule has 0 saturated heterocycles. The molecule has 15 heavy (non-hydrogen) atoms. The lowest BCUT2D eigenvalue weighted by atomic mass is 9.99. The Balaban J connectivity index is 2.85. The molecule has 0 spiro atoms. The highest BCUT2D eigenvalue weighted by Crippen LogP contribution is 2.26. The van der Waals surface area contributed by atoms with Crippen LogP contribution in [0.15, 0.2) is 5.38 Å². The van der Waals surface area contributed by atoms with Crippen molar-refractivity contribution >= 4 is 17.2 Å². The van der Waals surface area contributed by atoms with Crippen molar-refractivity contribution < 1.29 is 4.79 Å². The Bertz CT molecular complexity index is 344. The molecule has 0 aliphatic carbocycles. The van der Waals surface area contributed by atoms with Crippen molar-refractivity contribution in [2.24, 2.45) is 5.92 Å². The average Bonchev–Trinajstić information content (AvgIpc) is 2.63. The minimum Gasteiger partial charge on any atom is -0.343 e. The molecule has 1 unspecified atom stereocenters. The van der Waals surface area contributed by atoms with Gasteiger partial charge in [-0.2, -0.15) is 0 Å². The fourth-order valence-electron chi connectivity index (χ4n) is 1.11. The molecule has 0 aromatic carbocycles. The van der Waals surface area contributed by atoms with Gasteiger partial charge in [-0.05, 0) is 5.92 Å². The molecule has 1 atom stereocenters. The van der Waals surface area contributed by atoms with Gasteiger partial charge in [0, 0.05) is 25.4 Å². The molecule has 0 aliphatic rings. The number of carbonyl (C=O) groups is 1. The number of carbonyl (C=O) groups excluding carboxylic acids is 1. The number of rotatable bonds is 3. The summed E-state index contributed by atoms with van der Waals surface area (Å²) in [6, 6.07) is 0. The Morgan fingerprint density at radius 1 is 1.40 bits per heavy atom. The third-order valence-corrected chi connectivity index (χ3v) is 3.58. The Morgan fingerprint density at radius 2 is 2.00 bits per heavy atom. The van der Waals surface area contributed by atoms with Crippen LogP contribution < -0.4 is 0 Å². The van der Waals surface area contributed by atoms with Crippen molar-refractivity contribution in [3.8, 4) is 0 Å². The summed E-state index contributed by atoms with van der Waals surface area (Å²) in [5.41, 5.74) is 0.563. The van der Waals surface area contributed by atoms with E-state index in [0.29, 0.717) is 17.5 Å². The summed E-state index contributed by atoms with van der Waals surface area (Å²) in [6.45, 7) is 6.48. The van der Waals surface area contributed by atoms with Gasteiger partial charge >= 0.3 is 0 Å². The summed E-state index contributed by atoms with van der Waals surface area (Å²) < 4.78 is 0. The molecular weight excluding hydrogens is 208 g/mol. The van der Waals surface area contributed by atoms with Crippen LogP contribution >= 0.6 is 11.3 Å². The summed E-state index contributed by atoms with van der Waals surface area (Å²) in [5, 5.41) is 2.89. The molecule has 1 amide bonds. The van der Waals surface area contributed by atoms with E-state index in [9.17, 15) is 4.79 Å². The third-order valence-electron chi connectivity index (χ3n) is 2.54. The number of hydrogen-bond donors (Lipinski definition) is 0. The Hall–Kier alpha value is -0.900. The first-order valence-corrected chi connectivity index (χ1v) is 5.98. The van der Waals surface area contributed by atoms with E-state index in [2.05, 4.69) is 25.8 Å². The molecule has 0 radical (unpaired) electrons. The van der Waals surface area contributed by atoms with Gasteiger partial charge in [-0.25, -0.2) is 4.98 Å². The van der Waals surface area contributed by atoms with Crippen molar-refractivity contribution in [3.05, 3.63) is 16.1 Å². The molecule has 0 fully saturated rings. The molecule has 0 N–H and O–H groups in total. The van der Waals surface area contributed by atoms with E-state index in [1.807, 2.05) is 5.38 Å². The Labute approximate surface area is 95.1 Å². The van der Waals surface area contributed by atoms with Crippen LogP contribution in [0, 0.1) is 5.92 Å². The van der Waals surface area contributed by atoms with E-state index < -0.39 is 0 Å². The summed E-state index contributed by atoms with van der Waals surface area (Å²) >= 11 is 1.57. The predicted octanol–water partition coefficient (Wildman–Crippen LogP) is 2.60. The molecule has 84 valence electrons. The predicted molar refractivity (Wildman–Crippen MR) is 63.4 cm³/mol. The van der Waals surface area contributed by atoms with E-state index in [0.717, 1.165) is 5.01 Å². The molecule has 4 heteroatoms. The van der Waals surface area contributed by atoms with Gasteiger partial charge in [0.25, 0.3) is 5.91 Å². The minimum atomic E-state index is -0.0199. The Kier molecular flexibility index (Phi) is 3.85. The highest BCUT2D eigenvalue weighted by Gasteiger charge is 2.17. The van der Waals surface area contributed by atoms with Crippen molar-refractivity contribution in [3.63, 3.8) is 0 Å². The van der Waals surface area contributed by atoms with Crippen molar-refractivity contribution in [2.45, 2.75) is 26.7 Å². The SMILES string of the molecule is CC(C)C(C)c1nc(C(=O)N(C)C)cs1. The lowest BCUT2D eigenvalue weighted by molar-refractivity contribution is 0.0822. The number of amides is 1. The van der Waals surface area contributed by atoms with Gasteiger partial charge in [0.1, 0.15) is 5.69 Å². The summed E-state index contributed by atoms with van der Waals surface area (Å²) in [6.07, 6.45) is 0. The first-order chi connectivity index (χ1) is 6.93. The van der Waals surface area contributed by atoms with Gasteiger partial charge in [0.2, 0.25) is 0 Å². The zero-order valence-corrected chi connectivity index (χ0v) is 10.8. The second-order valence-electron chi connectivity index (χ2n) is 4.30. The first kappa shape index (κ1) is 12.2. The molecule has 1 aromatic rings. The van der Waals surface area contributed by atoms with E-state index >= 15 is 0 Å². The normalized spacial score (nSPS) is 12.9. The maximum atomic E-state index is 11.6. The van der Waals surface area contributed by atoms with Crippen molar-refractivity contribution in [2.75, 3.05) is 14.1 Å². The molecule has 1 rings (SSSR count). The van der Waals surface area contributed by atoms with Crippen LogP contribution in [0.2, 0.25) is 0 Å². The van der Waals surface area contributed by atoms with Gasteiger partial charge < -0.3 is 4.90 Å². The summed E-state index contributed by atoms with van der Waals surface area (Å²) in [5.74, 6) is 0.950. The maximum absolute atomic E-state index is 11.6. The van der Waals surface area contributed by atoms with Crippen LogP contribution in [0.5, 0.6) is 0 Å². The molecule has 0 saturated carbocycles. The monoisotopic (exact) mass is 226 g/mol. The highest BCUT2D eigenvalue weighted by atomic mass is 32.1. The van der Waals surface area contributed by atoms with Crippen LogP contribution in [0.1, 0.15) is 42.2 Å². The molecule has 0 bridgehead atoms. The van der Waals surface area contributed by atoms with Gasteiger partial charge in [0.05, 0.1) is 5.01 Å². The van der Waals surface area contributed by atoms with Crippen LogP contribution in [-0.2, 0) is 0 Å². The molecule has 1 aromatic heterocycles. The number of hydrogen-bond acceptors (Lipinski definition) is 3. The standard InChI is InChI=1S/C11H18N2OS/c1-7(2)8(3)10-12-9(6-15-10)11(14)13(4)5/h6-8H,1-5H3. The quantitative estimate of drug-likeness (QED) is 0.793. The number of thiazole rings is 1. The number of nitrogens with zero attached hydrogens (tertiary/aromatic N) is 2. The third kappa shape index (κ3) is 2.78. The maximum Gasteiger partial charge on any atom is 0.272 e. The van der Waals surface area contributed by atoms with E-state index in [4.69, 9.17) is 0 Å². The van der Waals surface area contributed by atoms with Gasteiger partial charge in [-0.3, -0.25) is 4.79 Å². The zero-order valence-electron chi connectivity index (χ0n) is 9.94. The lowest BCUT2D eigenvalue weighted by Gasteiger charge is -2.11. The second kappa shape index (κ2) is 4.75.